The maximum absolute atomic E-state index is 5.84. The van der Waals surface area contributed by atoms with E-state index in [1.54, 1.807) is 11.3 Å². The first kappa shape index (κ1) is 14.3. The third-order valence-corrected chi connectivity index (χ3v) is 5.77. The molecule has 20 heavy (non-hydrogen) atoms. The fourth-order valence-electron chi connectivity index (χ4n) is 3.08. The number of rotatable bonds is 2. The molecule has 2 fully saturated rings. The monoisotopic (exact) mass is 295 g/mol. The summed E-state index contributed by atoms with van der Waals surface area (Å²) in [5, 5.41) is 11.0. The zero-order chi connectivity index (χ0) is 14.2. The van der Waals surface area contributed by atoms with Crippen LogP contribution >= 0.6 is 11.3 Å². The molecule has 0 saturated carbocycles. The molecule has 0 aromatic carbocycles. The minimum absolute atomic E-state index is 0.103. The molecule has 1 aromatic heterocycles. The largest absolute Gasteiger partial charge is 0.378 e. The Morgan fingerprint density at radius 1 is 1.15 bits per heavy atom. The van der Waals surface area contributed by atoms with Gasteiger partial charge in [0.05, 0.1) is 6.10 Å². The van der Waals surface area contributed by atoms with Crippen LogP contribution in [-0.4, -0.2) is 36.0 Å². The topological polar surface area (TPSA) is 38.2 Å². The molecule has 0 bridgehead atoms. The minimum atomic E-state index is 0.103. The van der Waals surface area contributed by atoms with Crippen LogP contribution in [0, 0.1) is 5.92 Å². The van der Waals surface area contributed by atoms with Crippen molar-refractivity contribution in [2.45, 2.75) is 58.0 Å². The van der Waals surface area contributed by atoms with Crippen molar-refractivity contribution in [1.82, 2.24) is 10.2 Å². The summed E-state index contributed by atoms with van der Waals surface area (Å²) >= 11 is 1.75. The minimum Gasteiger partial charge on any atom is -0.378 e. The fraction of sp³-hybridized carbons (Fsp3) is 0.867. The van der Waals surface area contributed by atoms with Gasteiger partial charge in [0.15, 0.2) is 0 Å². The molecule has 3 heterocycles. The van der Waals surface area contributed by atoms with E-state index in [4.69, 9.17) is 4.74 Å². The third kappa shape index (κ3) is 2.98. The number of piperidine rings is 1. The van der Waals surface area contributed by atoms with Crippen LogP contribution in [0.1, 0.15) is 51.5 Å². The Balaban J connectivity index is 1.59. The van der Waals surface area contributed by atoms with E-state index in [1.807, 2.05) is 0 Å². The van der Waals surface area contributed by atoms with Gasteiger partial charge in [-0.2, -0.15) is 0 Å². The van der Waals surface area contributed by atoms with Crippen molar-refractivity contribution < 1.29 is 4.74 Å². The van der Waals surface area contributed by atoms with Gasteiger partial charge in [-0.1, -0.05) is 32.1 Å². The fourth-order valence-corrected chi connectivity index (χ4v) is 4.04. The highest BCUT2D eigenvalue weighted by Gasteiger charge is 2.31. The highest BCUT2D eigenvalue weighted by atomic mass is 32.1. The van der Waals surface area contributed by atoms with Gasteiger partial charge < -0.3 is 9.64 Å². The van der Waals surface area contributed by atoms with Crippen molar-refractivity contribution in [3.8, 4) is 0 Å². The lowest BCUT2D eigenvalue weighted by Gasteiger charge is -2.34. The van der Waals surface area contributed by atoms with Gasteiger partial charge in [0.1, 0.15) is 5.01 Å². The van der Waals surface area contributed by atoms with Crippen molar-refractivity contribution in [1.29, 1.82) is 0 Å². The number of aromatic nitrogens is 2. The molecule has 0 radical (unpaired) electrons. The first-order chi connectivity index (χ1) is 9.54. The van der Waals surface area contributed by atoms with Gasteiger partial charge in [0.25, 0.3) is 0 Å². The molecule has 0 amide bonds. The van der Waals surface area contributed by atoms with Gasteiger partial charge in [-0.05, 0) is 31.6 Å². The van der Waals surface area contributed by atoms with Gasteiger partial charge >= 0.3 is 0 Å². The second-order valence-electron chi connectivity index (χ2n) is 7.02. The molecule has 0 N–H and O–H groups in total. The Hall–Kier alpha value is -0.680. The van der Waals surface area contributed by atoms with E-state index in [-0.39, 0.29) is 5.41 Å². The van der Waals surface area contributed by atoms with E-state index >= 15 is 0 Å². The second-order valence-corrected chi connectivity index (χ2v) is 7.97. The van der Waals surface area contributed by atoms with Gasteiger partial charge in [0.2, 0.25) is 5.13 Å². The average molecular weight is 295 g/mol. The molecule has 1 aromatic rings. The summed E-state index contributed by atoms with van der Waals surface area (Å²) in [5.74, 6) is 0.753. The van der Waals surface area contributed by atoms with Crippen LogP contribution in [-0.2, 0) is 10.2 Å². The lowest BCUT2D eigenvalue weighted by atomic mass is 9.90. The molecule has 2 aliphatic rings. The summed E-state index contributed by atoms with van der Waals surface area (Å²) in [5.41, 5.74) is 0.103. The number of anilines is 1. The molecule has 5 heteroatoms. The standard InChI is InChI=1S/C15H25N3OS/c1-15(2,3)13-16-17-14(20-13)18-8-6-11(7-9-18)12-5-4-10-19-12/h11-12H,4-10H2,1-3H3. The summed E-state index contributed by atoms with van der Waals surface area (Å²) in [7, 11) is 0. The Labute approximate surface area is 125 Å². The zero-order valence-electron chi connectivity index (χ0n) is 12.8. The summed E-state index contributed by atoms with van der Waals surface area (Å²) in [6, 6.07) is 0. The highest BCUT2D eigenvalue weighted by molar-refractivity contribution is 7.15. The van der Waals surface area contributed by atoms with Crippen LogP contribution in [0.2, 0.25) is 0 Å². The molecule has 2 saturated heterocycles. The molecule has 1 unspecified atom stereocenters. The normalized spacial score (nSPS) is 25.4. The van der Waals surface area contributed by atoms with Gasteiger partial charge in [-0.25, -0.2) is 0 Å². The molecular weight excluding hydrogens is 270 g/mol. The molecule has 112 valence electrons. The molecule has 1 atom stereocenters. The van der Waals surface area contributed by atoms with E-state index in [1.165, 1.54) is 25.7 Å². The van der Waals surface area contributed by atoms with E-state index in [2.05, 4.69) is 35.9 Å². The van der Waals surface area contributed by atoms with Gasteiger partial charge in [0, 0.05) is 25.1 Å². The van der Waals surface area contributed by atoms with Crippen molar-refractivity contribution >= 4 is 16.5 Å². The van der Waals surface area contributed by atoms with Crippen LogP contribution in [0.3, 0.4) is 0 Å². The first-order valence-electron chi connectivity index (χ1n) is 7.74. The van der Waals surface area contributed by atoms with E-state index < -0.39 is 0 Å². The predicted octanol–water partition coefficient (Wildman–Crippen LogP) is 3.23. The summed E-state index contributed by atoms with van der Waals surface area (Å²) in [6.45, 7) is 9.76. The van der Waals surface area contributed by atoms with Gasteiger partial charge in [-0.15, -0.1) is 10.2 Å². The van der Waals surface area contributed by atoms with Crippen LogP contribution in [0.15, 0.2) is 0 Å². The predicted molar refractivity (Wildman–Crippen MR) is 82.5 cm³/mol. The lowest BCUT2D eigenvalue weighted by molar-refractivity contribution is 0.0531. The third-order valence-electron chi connectivity index (χ3n) is 4.36. The molecular formula is C15H25N3OS. The van der Waals surface area contributed by atoms with Crippen LogP contribution < -0.4 is 4.90 Å². The summed E-state index contributed by atoms with van der Waals surface area (Å²) < 4.78 is 5.84. The molecule has 3 rings (SSSR count). The Morgan fingerprint density at radius 2 is 1.90 bits per heavy atom. The molecule has 0 spiro atoms. The van der Waals surface area contributed by atoms with Crippen molar-refractivity contribution in [2.75, 3.05) is 24.6 Å². The second kappa shape index (κ2) is 5.60. The number of ether oxygens (including phenoxy) is 1. The Kier molecular flexibility index (Phi) is 4.00. The quantitative estimate of drug-likeness (QED) is 0.839. The van der Waals surface area contributed by atoms with Crippen LogP contribution in [0.5, 0.6) is 0 Å². The highest BCUT2D eigenvalue weighted by Crippen LogP contribution is 2.34. The smallest absolute Gasteiger partial charge is 0.208 e. The molecule has 2 aliphatic heterocycles. The Bertz CT molecular complexity index is 440. The lowest BCUT2D eigenvalue weighted by Crippen LogP contribution is -2.37. The van der Waals surface area contributed by atoms with Crippen LogP contribution in [0.4, 0.5) is 5.13 Å². The van der Waals surface area contributed by atoms with E-state index in [0.717, 1.165) is 35.8 Å². The average Bonchev–Trinajstić information content (AvgIpc) is 3.10. The molecule has 4 nitrogen and oxygen atoms in total. The number of hydrogen-bond donors (Lipinski definition) is 0. The maximum Gasteiger partial charge on any atom is 0.208 e. The van der Waals surface area contributed by atoms with Gasteiger partial charge in [-0.3, -0.25) is 0 Å². The maximum atomic E-state index is 5.84. The van der Waals surface area contributed by atoms with Crippen molar-refractivity contribution in [3.05, 3.63) is 5.01 Å². The zero-order valence-corrected chi connectivity index (χ0v) is 13.6. The number of hydrogen-bond acceptors (Lipinski definition) is 5. The van der Waals surface area contributed by atoms with Crippen LogP contribution in [0.25, 0.3) is 0 Å². The SMILES string of the molecule is CC(C)(C)c1nnc(N2CCC(C3CCCO3)CC2)s1. The first-order valence-corrected chi connectivity index (χ1v) is 8.56. The van der Waals surface area contributed by atoms with E-state index in [0.29, 0.717) is 6.10 Å². The van der Waals surface area contributed by atoms with E-state index in [9.17, 15) is 0 Å². The Morgan fingerprint density at radius 3 is 2.45 bits per heavy atom. The molecule has 0 aliphatic carbocycles. The van der Waals surface area contributed by atoms with Crippen molar-refractivity contribution in [2.24, 2.45) is 5.92 Å². The van der Waals surface area contributed by atoms with Crippen molar-refractivity contribution in [3.63, 3.8) is 0 Å². The summed E-state index contributed by atoms with van der Waals surface area (Å²) in [6.07, 6.45) is 5.50. The summed E-state index contributed by atoms with van der Waals surface area (Å²) in [4.78, 5) is 2.40. The number of nitrogens with zero attached hydrogens (tertiary/aromatic N) is 3.